The lowest BCUT2D eigenvalue weighted by atomic mass is 9.88. The fourth-order valence-electron chi connectivity index (χ4n) is 16.2. The van der Waals surface area contributed by atoms with Crippen LogP contribution in [0.5, 0.6) is 23.0 Å². The molecule has 62 heavy (non-hydrogen) atoms. The van der Waals surface area contributed by atoms with Crippen molar-refractivity contribution < 1.29 is 18.9 Å². The largest absolute Gasteiger partial charge is 0.482 e. The number of hydrogen-bond acceptors (Lipinski definition) is 5. The van der Waals surface area contributed by atoms with Crippen LogP contribution in [0.2, 0.25) is 0 Å². The maximum atomic E-state index is 7.46. The molecule has 0 radical (unpaired) electrons. The molecular weight excluding hydrogens is 763 g/mol. The zero-order chi connectivity index (χ0) is 43.6. The van der Waals surface area contributed by atoms with Gasteiger partial charge in [0.25, 0.3) is 0 Å². The lowest BCUT2D eigenvalue weighted by Crippen LogP contribution is -2.33. The average molecular weight is 840 g/mol. The van der Waals surface area contributed by atoms with Crippen LogP contribution in [0, 0.1) is 69.0 Å². The molecule has 2 aromatic carbocycles. The second kappa shape index (κ2) is 13.2. The minimum atomic E-state index is -0.164. The highest BCUT2D eigenvalue weighted by Crippen LogP contribution is 2.75. The Balaban J connectivity index is 0.955. The third-order valence-corrected chi connectivity index (χ3v) is 20.6. The van der Waals surface area contributed by atoms with E-state index < -0.39 is 0 Å². The molecular formula is C57H77NO4. The molecule has 0 bridgehead atoms. The molecule has 11 rings (SSSR count). The molecule has 3 aromatic rings. The van der Waals surface area contributed by atoms with E-state index in [9.17, 15) is 0 Å². The first-order chi connectivity index (χ1) is 29.2. The summed E-state index contributed by atoms with van der Waals surface area (Å²) in [7, 11) is 0. The van der Waals surface area contributed by atoms with Crippen LogP contribution in [0.1, 0.15) is 160 Å². The maximum absolute atomic E-state index is 7.46. The molecule has 5 nitrogen and oxygen atoms in total. The van der Waals surface area contributed by atoms with Crippen molar-refractivity contribution >= 4 is 0 Å². The van der Waals surface area contributed by atoms with Gasteiger partial charge < -0.3 is 18.9 Å². The average Bonchev–Trinajstić information content (AvgIpc) is 4.12. The molecule has 8 aliphatic carbocycles. The van der Waals surface area contributed by atoms with E-state index in [4.69, 9.17) is 23.9 Å². The van der Waals surface area contributed by atoms with E-state index in [0.717, 1.165) is 71.2 Å². The molecule has 8 fully saturated rings. The second-order valence-corrected chi connectivity index (χ2v) is 25.3. The Morgan fingerprint density at radius 1 is 0.387 bits per heavy atom. The number of pyridine rings is 1. The summed E-state index contributed by atoms with van der Waals surface area (Å²) < 4.78 is 29.6. The number of hydrogen-bond donors (Lipinski definition) is 0. The van der Waals surface area contributed by atoms with Crippen LogP contribution in [0.3, 0.4) is 0 Å². The van der Waals surface area contributed by atoms with Gasteiger partial charge in [0.15, 0.2) is 23.0 Å². The van der Waals surface area contributed by atoms with Crippen molar-refractivity contribution in [3.63, 3.8) is 0 Å². The molecule has 334 valence electrons. The summed E-state index contributed by atoms with van der Waals surface area (Å²) in [6.07, 6.45) is 14.5. The fraction of sp³-hybridized carbons (Fsp3) is 0.702. The van der Waals surface area contributed by atoms with Gasteiger partial charge in [0.1, 0.15) is 22.4 Å². The Labute approximate surface area is 374 Å². The Hall–Kier alpha value is -3.21. The van der Waals surface area contributed by atoms with Crippen molar-refractivity contribution in [2.45, 2.75) is 183 Å². The van der Waals surface area contributed by atoms with Crippen LogP contribution < -0.4 is 18.9 Å². The predicted octanol–water partition coefficient (Wildman–Crippen LogP) is 14.8. The van der Waals surface area contributed by atoms with E-state index in [1.807, 2.05) is 0 Å². The minimum Gasteiger partial charge on any atom is -0.482 e. The Morgan fingerprint density at radius 3 is 0.984 bits per heavy atom. The van der Waals surface area contributed by atoms with E-state index in [-0.39, 0.29) is 44.1 Å². The highest BCUT2D eigenvalue weighted by atomic mass is 16.6. The van der Waals surface area contributed by atoms with E-state index in [1.54, 1.807) is 0 Å². The first-order valence-electron chi connectivity index (χ1n) is 25.2. The van der Waals surface area contributed by atoms with Gasteiger partial charge in [-0.1, -0.05) is 115 Å². The van der Waals surface area contributed by atoms with Gasteiger partial charge in [-0.15, -0.1) is 0 Å². The number of rotatable bonds is 10. The van der Waals surface area contributed by atoms with Crippen LogP contribution in [-0.2, 0) is 0 Å². The van der Waals surface area contributed by atoms with Gasteiger partial charge in [0.2, 0.25) is 0 Å². The number of benzene rings is 2. The monoisotopic (exact) mass is 840 g/mol. The van der Waals surface area contributed by atoms with Crippen LogP contribution in [0.4, 0.5) is 0 Å². The first-order valence-corrected chi connectivity index (χ1v) is 25.2. The van der Waals surface area contributed by atoms with Crippen molar-refractivity contribution in [3.8, 4) is 45.5 Å². The van der Waals surface area contributed by atoms with Gasteiger partial charge in [-0.05, 0) is 124 Å². The highest BCUT2D eigenvalue weighted by Gasteiger charge is 2.78. The number of aromatic nitrogens is 1. The normalized spacial score (nSPS) is 41.9. The van der Waals surface area contributed by atoms with Crippen molar-refractivity contribution in [2.24, 2.45) is 69.0 Å². The highest BCUT2D eigenvalue weighted by molar-refractivity contribution is 5.70. The molecule has 0 N–H and O–H groups in total. The summed E-state index contributed by atoms with van der Waals surface area (Å²) in [5, 5.41) is 0. The number of ether oxygens (including phenoxy) is 4. The maximum Gasteiger partial charge on any atom is 0.162 e. The van der Waals surface area contributed by atoms with Gasteiger partial charge in [-0.3, -0.25) is 0 Å². The van der Waals surface area contributed by atoms with Gasteiger partial charge >= 0.3 is 0 Å². The summed E-state index contributed by atoms with van der Waals surface area (Å²) >= 11 is 0. The summed E-state index contributed by atoms with van der Waals surface area (Å²) in [6.45, 7) is 29.1. The van der Waals surface area contributed by atoms with Gasteiger partial charge in [0.05, 0.1) is 11.4 Å². The SMILES string of the molecule is CC1CCC2C(C)(C)C2(Oc2ccc(-c3cccc(-c4ccc(OC56CC(C)CCC5C6(C)C)c(OC56CC(C)CCC5C6(C)C)c4)n3)cc2OC23CC(C)CCC2C3(C)C)C1. The third kappa shape index (κ3) is 5.66. The molecule has 1 heterocycles. The number of fused-ring (bicyclic) bond motifs is 4. The first kappa shape index (κ1) is 41.5. The molecule has 12 atom stereocenters. The molecule has 0 aliphatic heterocycles. The molecule has 8 aliphatic rings. The quantitative estimate of drug-likeness (QED) is 0.204. The Bertz CT molecular complexity index is 2140. The van der Waals surface area contributed by atoms with Gasteiger partial charge in [-0.2, -0.15) is 0 Å². The second-order valence-electron chi connectivity index (χ2n) is 25.3. The van der Waals surface area contributed by atoms with Crippen molar-refractivity contribution in [1.29, 1.82) is 0 Å². The third-order valence-electron chi connectivity index (χ3n) is 20.6. The van der Waals surface area contributed by atoms with Crippen molar-refractivity contribution in [2.75, 3.05) is 0 Å². The summed E-state index contributed by atoms with van der Waals surface area (Å²) in [5.74, 6) is 8.53. The van der Waals surface area contributed by atoms with Crippen LogP contribution in [0.25, 0.3) is 22.5 Å². The lowest BCUT2D eigenvalue weighted by molar-refractivity contribution is 0.0577. The Morgan fingerprint density at radius 2 is 0.677 bits per heavy atom. The van der Waals surface area contributed by atoms with Gasteiger partial charge in [-0.25, -0.2) is 4.98 Å². The summed E-state index contributed by atoms with van der Waals surface area (Å²) in [6, 6.07) is 19.9. The lowest BCUT2D eigenvalue weighted by Gasteiger charge is -2.33. The van der Waals surface area contributed by atoms with Crippen molar-refractivity contribution in [3.05, 3.63) is 54.6 Å². The van der Waals surface area contributed by atoms with E-state index >= 15 is 0 Å². The minimum absolute atomic E-state index is 0.133. The van der Waals surface area contributed by atoms with E-state index in [0.29, 0.717) is 47.3 Å². The predicted molar refractivity (Wildman–Crippen MR) is 250 cm³/mol. The smallest absolute Gasteiger partial charge is 0.162 e. The topological polar surface area (TPSA) is 49.8 Å². The Kier molecular flexibility index (Phi) is 8.84. The summed E-state index contributed by atoms with van der Waals surface area (Å²) in [4.78, 5) is 5.43. The molecule has 12 unspecified atom stereocenters. The van der Waals surface area contributed by atoms with Crippen LogP contribution >= 0.6 is 0 Å². The standard InChI is InChI=1S/C57H77NO4/c1-34-16-24-46-50(5,6)54(46,30-34)59-42-22-20-38(28-44(42)61-56-32-36(3)18-26-48(56)52(56,9)10)40-14-13-15-41(58-40)39-21-23-43(60-55-31-35(2)17-25-47(55)51(55,7)8)45(29-39)62-57-33-37(4)19-27-49(57)53(57,11)12/h13-15,20-23,28-29,34-37,46-49H,16-19,24-27,30-33H2,1-12H3. The molecule has 0 saturated heterocycles. The van der Waals surface area contributed by atoms with E-state index in [2.05, 4.69) is 138 Å². The molecule has 1 aromatic heterocycles. The molecule has 0 spiro atoms. The van der Waals surface area contributed by atoms with Crippen molar-refractivity contribution in [1.82, 2.24) is 4.98 Å². The summed E-state index contributed by atoms with van der Waals surface area (Å²) in [5.41, 5.74) is 3.99. The molecule has 0 amide bonds. The molecule has 8 saturated carbocycles. The van der Waals surface area contributed by atoms with E-state index in [1.165, 1.54) is 51.4 Å². The fourth-order valence-corrected chi connectivity index (χ4v) is 16.2. The zero-order valence-electron chi connectivity index (χ0n) is 40.4. The molecule has 5 heteroatoms. The zero-order valence-corrected chi connectivity index (χ0v) is 40.4. The number of nitrogens with zero attached hydrogens (tertiary/aromatic N) is 1. The van der Waals surface area contributed by atoms with Crippen LogP contribution in [0.15, 0.2) is 54.6 Å². The van der Waals surface area contributed by atoms with Crippen LogP contribution in [-0.4, -0.2) is 27.4 Å². The van der Waals surface area contributed by atoms with Gasteiger partial charge in [0, 0.05) is 56.5 Å².